The lowest BCUT2D eigenvalue weighted by Gasteiger charge is -2.21. The summed E-state index contributed by atoms with van der Waals surface area (Å²) in [6, 6.07) is 2.56. The van der Waals surface area contributed by atoms with Crippen molar-refractivity contribution in [2.45, 2.75) is 18.0 Å². The van der Waals surface area contributed by atoms with E-state index in [9.17, 15) is 26.0 Å². The van der Waals surface area contributed by atoms with Crippen molar-refractivity contribution in [3.8, 4) is 0 Å². The molecule has 0 unspecified atom stereocenters. The van der Waals surface area contributed by atoms with E-state index >= 15 is 0 Å². The van der Waals surface area contributed by atoms with Crippen molar-refractivity contribution in [3.05, 3.63) is 24.0 Å². The summed E-state index contributed by atoms with van der Waals surface area (Å²) in [6.45, 7) is -0.747. The van der Waals surface area contributed by atoms with Gasteiger partial charge in [0.05, 0.1) is 10.6 Å². The first-order valence-corrected chi connectivity index (χ1v) is 6.64. The average Bonchev–Trinajstić information content (AvgIpc) is 2.28. The van der Waals surface area contributed by atoms with E-state index in [0.29, 0.717) is 6.07 Å². The maximum atomic E-state index is 13.2. The third-order valence-corrected chi connectivity index (χ3v) is 4.23. The summed E-state index contributed by atoms with van der Waals surface area (Å²) < 4.78 is 74.1. The van der Waals surface area contributed by atoms with E-state index in [1.807, 2.05) is 0 Å². The molecule has 0 spiro atoms. The normalized spacial score (nSPS) is 12.9. The second kappa shape index (κ2) is 5.33. The molecule has 0 atom stereocenters. The summed E-state index contributed by atoms with van der Waals surface area (Å²) in [6.07, 6.45) is -4.67. The molecule has 0 saturated carbocycles. The van der Waals surface area contributed by atoms with Crippen molar-refractivity contribution in [2.75, 3.05) is 18.8 Å². The zero-order chi connectivity index (χ0) is 14.8. The van der Waals surface area contributed by atoms with Gasteiger partial charge in [0.2, 0.25) is 10.0 Å². The second-order valence-electron chi connectivity index (χ2n) is 3.73. The Morgan fingerprint density at radius 1 is 1.32 bits per heavy atom. The highest BCUT2D eigenvalue weighted by molar-refractivity contribution is 7.89. The Bertz CT molecular complexity index is 557. The number of anilines is 1. The van der Waals surface area contributed by atoms with E-state index in [-0.39, 0.29) is 16.5 Å². The van der Waals surface area contributed by atoms with Crippen LogP contribution in [0, 0.1) is 5.82 Å². The molecule has 0 heterocycles. The number of alkyl halides is 3. The zero-order valence-electron chi connectivity index (χ0n) is 9.91. The maximum absolute atomic E-state index is 13.2. The number of nitrogens with two attached hydrogens (primary N) is 1. The lowest BCUT2D eigenvalue weighted by molar-refractivity contribution is -0.135. The Labute approximate surface area is 107 Å². The zero-order valence-corrected chi connectivity index (χ0v) is 10.7. The first-order chi connectivity index (χ1) is 8.58. The van der Waals surface area contributed by atoms with Crippen LogP contribution in [0.25, 0.3) is 0 Å². The van der Waals surface area contributed by atoms with E-state index in [0.717, 1.165) is 12.1 Å². The van der Waals surface area contributed by atoms with Gasteiger partial charge in [-0.05, 0) is 18.2 Å². The van der Waals surface area contributed by atoms with Crippen LogP contribution in [-0.2, 0) is 10.0 Å². The lowest BCUT2D eigenvalue weighted by Crippen LogP contribution is -2.38. The van der Waals surface area contributed by atoms with Crippen LogP contribution in [0.1, 0.15) is 6.92 Å². The molecular formula is C10H12F4N2O2S. The summed E-state index contributed by atoms with van der Waals surface area (Å²) in [5.74, 6) is -0.996. The molecular weight excluding hydrogens is 288 g/mol. The van der Waals surface area contributed by atoms with Crippen molar-refractivity contribution in [3.63, 3.8) is 0 Å². The number of hydrogen-bond donors (Lipinski definition) is 1. The molecule has 1 aromatic rings. The number of halogens is 4. The molecule has 0 amide bonds. The average molecular weight is 300 g/mol. The molecule has 0 bridgehead atoms. The standard InChI is InChI=1S/C10H12F4N2O2S/c1-2-16(6-10(12,13)14)19(17,18)7-3-4-9(15)8(11)5-7/h3-5H,2,6,15H2,1H3. The quantitative estimate of drug-likeness (QED) is 0.683. The van der Waals surface area contributed by atoms with Crippen LogP contribution in [0.15, 0.2) is 23.1 Å². The molecule has 0 radical (unpaired) electrons. The molecule has 1 aromatic carbocycles. The van der Waals surface area contributed by atoms with Gasteiger partial charge in [0.15, 0.2) is 0 Å². The molecule has 0 aliphatic carbocycles. The highest BCUT2D eigenvalue weighted by atomic mass is 32.2. The number of nitrogen functional groups attached to an aromatic ring is 1. The van der Waals surface area contributed by atoms with E-state index in [1.54, 1.807) is 0 Å². The summed E-state index contributed by atoms with van der Waals surface area (Å²) in [7, 11) is -4.41. The minimum absolute atomic E-state index is 0.220. The van der Waals surface area contributed by atoms with Gasteiger partial charge in [-0.3, -0.25) is 0 Å². The fourth-order valence-electron chi connectivity index (χ4n) is 1.38. The van der Waals surface area contributed by atoms with Crippen molar-refractivity contribution in [1.29, 1.82) is 0 Å². The molecule has 2 N–H and O–H groups in total. The molecule has 108 valence electrons. The van der Waals surface area contributed by atoms with E-state index in [1.165, 1.54) is 6.92 Å². The number of nitrogens with zero attached hydrogens (tertiary/aromatic N) is 1. The van der Waals surface area contributed by atoms with E-state index in [4.69, 9.17) is 5.73 Å². The van der Waals surface area contributed by atoms with Crippen LogP contribution < -0.4 is 5.73 Å². The Kier molecular flexibility index (Phi) is 4.41. The van der Waals surface area contributed by atoms with Crippen molar-refractivity contribution in [2.24, 2.45) is 0 Å². The van der Waals surface area contributed by atoms with Gasteiger partial charge in [0.25, 0.3) is 0 Å². The minimum Gasteiger partial charge on any atom is -0.396 e. The summed E-state index contributed by atoms with van der Waals surface area (Å²) in [5.41, 5.74) is 4.90. The van der Waals surface area contributed by atoms with Crippen molar-refractivity contribution in [1.82, 2.24) is 4.31 Å². The van der Waals surface area contributed by atoms with Gasteiger partial charge in [0, 0.05) is 6.54 Å². The van der Waals surface area contributed by atoms with Crippen molar-refractivity contribution < 1.29 is 26.0 Å². The van der Waals surface area contributed by atoms with Gasteiger partial charge < -0.3 is 5.73 Å². The van der Waals surface area contributed by atoms with Gasteiger partial charge in [-0.15, -0.1) is 0 Å². The molecule has 4 nitrogen and oxygen atoms in total. The Hall–Kier alpha value is -1.35. The molecule has 9 heteroatoms. The predicted molar refractivity (Wildman–Crippen MR) is 61.3 cm³/mol. The first-order valence-electron chi connectivity index (χ1n) is 5.20. The molecule has 0 fully saturated rings. The summed E-state index contributed by atoms with van der Waals surface area (Å²) in [4.78, 5) is -0.565. The van der Waals surface area contributed by atoms with Crippen molar-refractivity contribution >= 4 is 15.7 Å². The van der Waals surface area contributed by atoms with Gasteiger partial charge >= 0.3 is 6.18 Å². The Morgan fingerprint density at radius 3 is 2.32 bits per heavy atom. The van der Waals surface area contributed by atoms with E-state index < -0.39 is 33.5 Å². The Morgan fingerprint density at radius 2 is 1.89 bits per heavy atom. The van der Waals surface area contributed by atoms with Crippen LogP contribution in [0.2, 0.25) is 0 Å². The largest absolute Gasteiger partial charge is 0.402 e. The molecule has 0 aliphatic heterocycles. The highest BCUT2D eigenvalue weighted by Crippen LogP contribution is 2.24. The topological polar surface area (TPSA) is 63.4 Å². The van der Waals surface area contributed by atoms with Gasteiger partial charge in [-0.2, -0.15) is 17.5 Å². The monoisotopic (exact) mass is 300 g/mol. The van der Waals surface area contributed by atoms with Gasteiger partial charge in [-0.25, -0.2) is 12.8 Å². The molecule has 0 aliphatic rings. The number of hydrogen-bond acceptors (Lipinski definition) is 3. The fourth-order valence-corrected chi connectivity index (χ4v) is 2.83. The fraction of sp³-hybridized carbons (Fsp3) is 0.400. The summed E-state index contributed by atoms with van der Waals surface area (Å²) >= 11 is 0. The molecule has 0 aromatic heterocycles. The SMILES string of the molecule is CCN(CC(F)(F)F)S(=O)(=O)c1ccc(N)c(F)c1. The third kappa shape index (κ3) is 3.80. The lowest BCUT2D eigenvalue weighted by atomic mass is 10.3. The molecule has 19 heavy (non-hydrogen) atoms. The van der Waals surface area contributed by atoms with Crippen LogP contribution in [0.5, 0.6) is 0 Å². The van der Waals surface area contributed by atoms with Gasteiger partial charge in [0.1, 0.15) is 12.4 Å². The third-order valence-electron chi connectivity index (χ3n) is 2.32. The minimum atomic E-state index is -4.67. The predicted octanol–water partition coefficient (Wildman–Crippen LogP) is 1.98. The Balaban J connectivity index is 3.17. The van der Waals surface area contributed by atoms with Crippen LogP contribution in [0.3, 0.4) is 0 Å². The smallest absolute Gasteiger partial charge is 0.396 e. The molecule has 1 rings (SSSR count). The maximum Gasteiger partial charge on any atom is 0.402 e. The molecule has 0 saturated heterocycles. The highest BCUT2D eigenvalue weighted by Gasteiger charge is 2.36. The van der Waals surface area contributed by atoms with E-state index in [2.05, 4.69) is 0 Å². The van der Waals surface area contributed by atoms with Gasteiger partial charge in [-0.1, -0.05) is 6.92 Å². The number of benzene rings is 1. The number of rotatable bonds is 4. The number of sulfonamides is 1. The second-order valence-corrected chi connectivity index (χ2v) is 5.67. The van der Waals surface area contributed by atoms with Crippen LogP contribution >= 0.6 is 0 Å². The first kappa shape index (κ1) is 15.7. The van der Waals surface area contributed by atoms with Crippen LogP contribution in [0.4, 0.5) is 23.2 Å². The van der Waals surface area contributed by atoms with Crippen LogP contribution in [-0.4, -0.2) is 32.0 Å². The summed E-state index contributed by atoms with van der Waals surface area (Å²) in [5, 5.41) is 0.